The van der Waals surface area contributed by atoms with Gasteiger partial charge < -0.3 is 20.1 Å². The Morgan fingerprint density at radius 2 is 1.72 bits per heavy atom. The van der Waals surface area contributed by atoms with E-state index < -0.39 is 0 Å². The summed E-state index contributed by atoms with van der Waals surface area (Å²) >= 11 is 0. The van der Waals surface area contributed by atoms with Gasteiger partial charge >= 0.3 is 0 Å². The molecule has 0 aromatic heterocycles. The van der Waals surface area contributed by atoms with E-state index in [-0.39, 0.29) is 30.4 Å². The molecular formula is C19H18N2O4. The second kappa shape index (κ2) is 6.47. The molecule has 2 amide bonds. The quantitative estimate of drug-likeness (QED) is 0.877. The summed E-state index contributed by atoms with van der Waals surface area (Å²) in [6, 6.07) is 14.8. The number of carbonyl (C=O) groups is 2. The minimum absolute atomic E-state index is 0.0918. The molecule has 0 bridgehead atoms. The third-order valence-electron chi connectivity index (χ3n) is 4.41. The molecule has 1 aliphatic heterocycles. The van der Waals surface area contributed by atoms with E-state index in [1.165, 1.54) is 0 Å². The summed E-state index contributed by atoms with van der Waals surface area (Å²) in [5.74, 6) is 0.711. The van der Waals surface area contributed by atoms with Crippen molar-refractivity contribution in [2.24, 2.45) is 11.8 Å². The Labute approximate surface area is 145 Å². The van der Waals surface area contributed by atoms with Crippen molar-refractivity contribution < 1.29 is 19.1 Å². The fourth-order valence-corrected chi connectivity index (χ4v) is 2.90. The number of hydrogen-bond donors (Lipinski definition) is 2. The fourth-order valence-electron chi connectivity index (χ4n) is 2.90. The third kappa shape index (κ3) is 3.42. The minimum atomic E-state index is -0.253. The van der Waals surface area contributed by atoms with Crippen molar-refractivity contribution in [1.29, 1.82) is 0 Å². The summed E-state index contributed by atoms with van der Waals surface area (Å²) < 4.78 is 10.6. The van der Waals surface area contributed by atoms with Crippen LogP contribution in [0, 0.1) is 11.8 Å². The van der Waals surface area contributed by atoms with Gasteiger partial charge in [0.25, 0.3) is 0 Å². The molecule has 1 aliphatic carbocycles. The first-order chi connectivity index (χ1) is 12.2. The maximum absolute atomic E-state index is 12.2. The summed E-state index contributed by atoms with van der Waals surface area (Å²) in [6.07, 6.45) is 0.589. The first-order valence-electron chi connectivity index (χ1n) is 8.23. The van der Waals surface area contributed by atoms with Gasteiger partial charge in [-0.25, -0.2) is 0 Å². The predicted molar refractivity (Wildman–Crippen MR) is 91.1 cm³/mol. The Morgan fingerprint density at radius 3 is 2.56 bits per heavy atom. The van der Waals surface area contributed by atoms with Gasteiger partial charge in [-0.2, -0.15) is 0 Å². The van der Waals surface area contributed by atoms with Crippen LogP contribution < -0.4 is 20.1 Å². The highest BCUT2D eigenvalue weighted by Gasteiger charge is 2.47. The summed E-state index contributed by atoms with van der Waals surface area (Å²) in [5, 5.41) is 5.73. The van der Waals surface area contributed by atoms with Gasteiger partial charge in [-0.1, -0.05) is 24.3 Å². The highest BCUT2D eigenvalue weighted by Crippen LogP contribution is 2.39. The standard InChI is InChI=1S/C19H18N2O4/c22-18(20-10-12-6-7-16-17(8-12)25-11-24-16)14-9-15(14)19(23)21-13-4-2-1-3-5-13/h1-8,14-15H,9-11H2,(H,20,22)(H,21,23). The SMILES string of the molecule is O=C(NCc1ccc2c(c1)OCO2)C1CC1C(=O)Nc1ccccc1. The molecule has 0 saturated heterocycles. The molecule has 2 unspecified atom stereocenters. The molecule has 2 N–H and O–H groups in total. The van der Waals surface area contributed by atoms with Crippen LogP contribution in [0.1, 0.15) is 12.0 Å². The molecule has 4 rings (SSSR count). The first-order valence-corrected chi connectivity index (χ1v) is 8.23. The Hall–Kier alpha value is -3.02. The van der Waals surface area contributed by atoms with Gasteiger partial charge in [0.05, 0.1) is 11.8 Å². The number of fused-ring (bicyclic) bond motifs is 1. The first kappa shape index (κ1) is 15.5. The van der Waals surface area contributed by atoms with Crippen LogP contribution in [-0.2, 0) is 16.1 Å². The topological polar surface area (TPSA) is 76.7 Å². The van der Waals surface area contributed by atoms with Gasteiger partial charge in [0.1, 0.15) is 0 Å². The van der Waals surface area contributed by atoms with Crippen molar-refractivity contribution in [3.63, 3.8) is 0 Å². The monoisotopic (exact) mass is 338 g/mol. The molecule has 2 aromatic carbocycles. The van der Waals surface area contributed by atoms with Gasteiger partial charge in [-0.15, -0.1) is 0 Å². The van der Waals surface area contributed by atoms with E-state index in [1.54, 1.807) is 0 Å². The Bertz CT molecular complexity index is 806. The zero-order valence-electron chi connectivity index (χ0n) is 13.5. The number of nitrogens with one attached hydrogen (secondary N) is 2. The van der Waals surface area contributed by atoms with E-state index in [4.69, 9.17) is 9.47 Å². The van der Waals surface area contributed by atoms with Crippen LogP contribution in [0.2, 0.25) is 0 Å². The van der Waals surface area contributed by atoms with E-state index in [9.17, 15) is 9.59 Å². The van der Waals surface area contributed by atoms with Crippen molar-refractivity contribution in [3.05, 3.63) is 54.1 Å². The van der Waals surface area contributed by atoms with Crippen molar-refractivity contribution in [2.45, 2.75) is 13.0 Å². The number of rotatable bonds is 5. The lowest BCUT2D eigenvalue weighted by Gasteiger charge is -2.07. The molecule has 1 heterocycles. The van der Waals surface area contributed by atoms with E-state index in [0.717, 1.165) is 17.0 Å². The largest absolute Gasteiger partial charge is 0.454 e. The summed E-state index contributed by atoms with van der Waals surface area (Å²) in [5.41, 5.74) is 1.68. The lowest BCUT2D eigenvalue weighted by atomic mass is 10.2. The number of hydrogen-bond acceptors (Lipinski definition) is 4. The van der Waals surface area contributed by atoms with Crippen LogP contribution in [0.5, 0.6) is 11.5 Å². The Kier molecular flexibility index (Phi) is 4.01. The zero-order valence-corrected chi connectivity index (χ0v) is 13.5. The molecule has 1 fully saturated rings. The van der Waals surface area contributed by atoms with Gasteiger partial charge in [-0.05, 0) is 36.2 Å². The maximum atomic E-state index is 12.2. The van der Waals surface area contributed by atoms with Crippen LogP contribution >= 0.6 is 0 Å². The molecule has 1 saturated carbocycles. The average molecular weight is 338 g/mol. The van der Waals surface area contributed by atoms with Crippen molar-refractivity contribution in [1.82, 2.24) is 5.32 Å². The highest BCUT2D eigenvalue weighted by atomic mass is 16.7. The van der Waals surface area contributed by atoms with Gasteiger partial charge in [0, 0.05) is 12.2 Å². The predicted octanol–water partition coefficient (Wildman–Crippen LogP) is 2.31. The number of anilines is 1. The van der Waals surface area contributed by atoms with E-state index in [1.807, 2.05) is 48.5 Å². The zero-order chi connectivity index (χ0) is 17.2. The van der Waals surface area contributed by atoms with Crippen molar-refractivity contribution in [3.8, 4) is 11.5 Å². The Balaban J connectivity index is 1.27. The summed E-state index contributed by atoms with van der Waals surface area (Å²) in [4.78, 5) is 24.4. The van der Waals surface area contributed by atoms with Gasteiger partial charge in [-0.3, -0.25) is 9.59 Å². The van der Waals surface area contributed by atoms with Crippen LogP contribution in [-0.4, -0.2) is 18.6 Å². The fraction of sp³-hybridized carbons (Fsp3) is 0.263. The minimum Gasteiger partial charge on any atom is -0.454 e. The molecule has 2 aliphatic rings. The van der Waals surface area contributed by atoms with E-state index in [2.05, 4.69) is 10.6 Å². The lowest BCUT2D eigenvalue weighted by Crippen LogP contribution is -2.27. The number of ether oxygens (including phenoxy) is 2. The molecule has 25 heavy (non-hydrogen) atoms. The number of amides is 2. The molecule has 128 valence electrons. The molecular weight excluding hydrogens is 320 g/mol. The third-order valence-corrected chi connectivity index (χ3v) is 4.41. The summed E-state index contributed by atoms with van der Waals surface area (Å²) in [7, 11) is 0. The average Bonchev–Trinajstić information content (AvgIpc) is 3.31. The summed E-state index contributed by atoms with van der Waals surface area (Å²) in [6.45, 7) is 0.629. The van der Waals surface area contributed by atoms with Gasteiger partial charge in [0.2, 0.25) is 18.6 Å². The number of carbonyl (C=O) groups excluding carboxylic acids is 2. The van der Waals surface area contributed by atoms with Crippen LogP contribution in [0.15, 0.2) is 48.5 Å². The second-order valence-electron chi connectivity index (χ2n) is 6.21. The van der Waals surface area contributed by atoms with E-state index in [0.29, 0.717) is 18.7 Å². The lowest BCUT2D eigenvalue weighted by molar-refractivity contribution is -0.125. The molecule has 6 nitrogen and oxygen atoms in total. The molecule has 2 aromatic rings. The van der Waals surface area contributed by atoms with Crippen molar-refractivity contribution >= 4 is 17.5 Å². The van der Waals surface area contributed by atoms with Crippen LogP contribution in [0.3, 0.4) is 0 Å². The number of benzene rings is 2. The second-order valence-corrected chi connectivity index (χ2v) is 6.21. The molecule has 0 radical (unpaired) electrons. The van der Waals surface area contributed by atoms with Crippen LogP contribution in [0.4, 0.5) is 5.69 Å². The Morgan fingerprint density at radius 1 is 0.960 bits per heavy atom. The van der Waals surface area contributed by atoms with E-state index >= 15 is 0 Å². The van der Waals surface area contributed by atoms with Crippen molar-refractivity contribution in [2.75, 3.05) is 12.1 Å². The highest BCUT2D eigenvalue weighted by molar-refractivity contribution is 5.99. The van der Waals surface area contributed by atoms with Gasteiger partial charge in [0.15, 0.2) is 11.5 Å². The normalized spacial score (nSPS) is 20.0. The maximum Gasteiger partial charge on any atom is 0.231 e. The smallest absolute Gasteiger partial charge is 0.231 e. The van der Waals surface area contributed by atoms with Crippen LogP contribution in [0.25, 0.3) is 0 Å². The molecule has 6 heteroatoms. The molecule has 2 atom stereocenters. The molecule has 0 spiro atoms. The number of para-hydroxylation sites is 1.